The maximum absolute atomic E-state index is 13.5. The van der Waals surface area contributed by atoms with Crippen molar-refractivity contribution >= 4 is 11.6 Å². The first-order chi connectivity index (χ1) is 11.4. The van der Waals surface area contributed by atoms with Crippen LogP contribution in [0.1, 0.15) is 18.1 Å². The summed E-state index contributed by atoms with van der Waals surface area (Å²) in [6, 6.07) is 5.85. The molecule has 0 fully saturated rings. The van der Waals surface area contributed by atoms with Crippen molar-refractivity contribution in [3.05, 3.63) is 62.2 Å². The van der Waals surface area contributed by atoms with Crippen molar-refractivity contribution in [2.45, 2.75) is 26.9 Å². The first-order valence-corrected chi connectivity index (χ1v) is 7.17. The number of nitrogens with zero attached hydrogens (tertiary/aromatic N) is 3. The highest BCUT2D eigenvalue weighted by atomic mass is 19.1. The molecule has 0 aliphatic carbocycles. The van der Waals surface area contributed by atoms with Crippen LogP contribution in [0.25, 0.3) is 0 Å². The molecule has 0 saturated heterocycles. The van der Waals surface area contributed by atoms with Crippen molar-refractivity contribution in [1.29, 1.82) is 5.26 Å². The van der Waals surface area contributed by atoms with Gasteiger partial charge < -0.3 is 5.32 Å². The molecule has 1 aromatic heterocycles. The molecule has 1 aromatic carbocycles. The van der Waals surface area contributed by atoms with Crippen LogP contribution >= 0.6 is 0 Å². The van der Waals surface area contributed by atoms with Crippen molar-refractivity contribution in [2.24, 2.45) is 0 Å². The Balaban J connectivity index is 2.32. The smallest absolute Gasteiger partial charge is 0.324 e. The number of hydrogen-bond acceptors (Lipinski definition) is 4. The second-order valence-corrected chi connectivity index (χ2v) is 5.13. The number of hydrogen-bond donors (Lipinski definition) is 1. The van der Waals surface area contributed by atoms with Gasteiger partial charge in [0.2, 0.25) is 5.91 Å². The van der Waals surface area contributed by atoms with Crippen LogP contribution in [0.2, 0.25) is 0 Å². The SMILES string of the molecule is CCn1cc(C#N)c(=O)n(CC(=O)Nc2ccc(C)c(F)c2)c1=O. The zero-order chi connectivity index (χ0) is 17.9. The van der Waals surface area contributed by atoms with Crippen LogP contribution in [0.15, 0.2) is 34.0 Å². The molecule has 1 N–H and O–H groups in total. The van der Waals surface area contributed by atoms with Gasteiger partial charge in [-0.1, -0.05) is 6.07 Å². The third-order valence-corrected chi connectivity index (χ3v) is 3.46. The largest absolute Gasteiger partial charge is 0.331 e. The summed E-state index contributed by atoms with van der Waals surface area (Å²) >= 11 is 0. The Labute approximate surface area is 136 Å². The van der Waals surface area contributed by atoms with E-state index in [1.54, 1.807) is 19.9 Å². The molecule has 2 rings (SSSR count). The Morgan fingerprint density at radius 3 is 2.67 bits per heavy atom. The molecular formula is C16H15FN4O3. The van der Waals surface area contributed by atoms with Gasteiger partial charge in [0.05, 0.1) is 0 Å². The Kier molecular flexibility index (Phi) is 4.94. The van der Waals surface area contributed by atoms with Crippen LogP contribution < -0.4 is 16.6 Å². The molecule has 7 nitrogen and oxygen atoms in total. The number of carbonyl (C=O) groups is 1. The Bertz CT molecular complexity index is 953. The van der Waals surface area contributed by atoms with Crippen LogP contribution in [0.5, 0.6) is 0 Å². The van der Waals surface area contributed by atoms with Gasteiger partial charge in [-0.2, -0.15) is 5.26 Å². The second-order valence-electron chi connectivity index (χ2n) is 5.13. The van der Waals surface area contributed by atoms with E-state index in [2.05, 4.69) is 5.32 Å². The summed E-state index contributed by atoms with van der Waals surface area (Å²) in [5.74, 6) is -1.15. The van der Waals surface area contributed by atoms with Crippen molar-refractivity contribution < 1.29 is 9.18 Å². The highest BCUT2D eigenvalue weighted by Gasteiger charge is 2.14. The lowest BCUT2D eigenvalue weighted by Gasteiger charge is -2.10. The number of nitrogens with one attached hydrogen (secondary N) is 1. The molecule has 0 saturated carbocycles. The second kappa shape index (κ2) is 6.91. The molecule has 124 valence electrons. The maximum Gasteiger partial charge on any atom is 0.331 e. The first kappa shape index (κ1) is 17.1. The number of benzene rings is 1. The third kappa shape index (κ3) is 3.41. The van der Waals surface area contributed by atoms with E-state index in [4.69, 9.17) is 5.26 Å². The van der Waals surface area contributed by atoms with E-state index in [1.807, 2.05) is 0 Å². The number of amides is 1. The van der Waals surface area contributed by atoms with E-state index in [0.717, 1.165) is 12.3 Å². The van der Waals surface area contributed by atoms with Crippen LogP contribution in [0, 0.1) is 24.1 Å². The molecule has 0 spiro atoms. The van der Waals surface area contributed by atoms with Crippen LogP contribution in [0.4, 0.5) is 10.1 Å². The average Bonchev–Trinajstić information content (AvgIpc) is 2.55. The zero-order valence-corrected chi connectivity index (χ0v) is 13.2. The van der Waals surface area contributed by atoms with Gasteiger partial charge in [-0.15, -0.1) is 0 Å². The highest BCUT2D eigenvalue weighted by molar-refractivity contribution is 5.90. The number of aryl methyl sites for hydroxylation is 2. The molecule has 24 heavy (non-hydrogen) atoms. The van der Waals surface area contributed by atoms with Crippen LogP contribution in [0.3, 0.4) is 0 Å². The van der Waals surface area contributed by atoms with Crippen LogP contribution in [-0.2, 0) is 17.9 Å². The predicted octanol–water partition coefficient (Wildman–Crippen LogP) is 0.988. The van der Waals surface area contributed by atoms with Crippen molar-refractivity contribution in [2.75, 3.05) is 5.32 Å². The number of carbonyl (C=O) groups excluding carboxylic acids is 1. The molecule has 0 aliphatic rings. The van der Waals surface area contributed by atoms with Gasteiger partial charge >= 0.3 is 5.69 Å². The minimum absolute atomic E-state index is 0.211. The molecular weight excluding hydrogens is 315 g/mol. The fourth-order valence-corrected chi connectivity index (χ4v) is 2.11. The molecule has 0 atom stereocenters. The topological polar surface area (TPSA) is 96.9 Å². The summed E-state index contributed by atoms with van der Waals surface area (Å²) < 4.78 is 15.3. The van der Waals surface area contributed by atoms with Gasteiger partial charge in [0.1, 0.15) is 24.0 Å². The van der Waals surface area contributed by atoms with Gasteiger partial charge in [-0.3, -0.25) is 14.2 Å². The van der Waals surface area contributed by atoms with Crippen molar-refractivity contribution in [1.82, 2.24) is 9.13 Å². The number of anilines is 1. The molecule has 1 heterocycles. The average molecular weight is 330 g/mol. The summed E-state index contributed by atoms with van der Waals surface area (Å²) in [4.78, 5) is 36.3. The number of nitriles is 1. The molecule has 0 aliphatic heterocycles. The Morgan fingerprint density at radius 2 is 2.08 bits per heavy atom. The fourth-order valence-electron chi connectivity index (χ4n) is 2.11. The minimum Gasteiger partial charge on any atom is -0.324 e. The summed E-state index contributed by atoms with van der Waals surface area (Å²) in [5.41, 5.74) is -1.12. The third-order valence-electron chi connectivity index (χ3n) is 3.46. The fraction of sp³-hybridized carbons (Fsp3) is 0.250. The molecule has 2 aromatic rings. The first-order valence-electron chi connectivity index (χ1n) is 7.17. The zero-order valence-electron chi connectivity index (χ0n) is 13.2. The van der Waals surface area contributed by atoms with E-state index < -0.39 is 29.5 Å². The number of aromatic nitrogens is 2. The summed E-state index contributed by atoms with van der Waals surface area (Å²) in [6.45, 7) is 2.94. The van der Waals surface area contributed by atoms with Gasteiger partial charge in [0.25, 0.3) is 5.56 Å². The normalized spacial score (nSPS) is 10.2. The van der Waals surface area contributed by atoms with Gasteiger partial charge in [-0.25, -0.2) is 13.8 Å². The lowest BCUT2D eigenvalue weighted by molar-refractivity contribution is -0.116. The van der Waals surface area contributed by atoms with E-state index in [1.165, 1.54) is 16.7 Å². The van der Waals surface area contributed by atoms with Crippen molar-refractivity contribution in [3.8, 4) is 6.07 Å². The molecule has 0 radical (unpaired) electrons. The minimum atomic E-state index is -0.836. The van der Waals surface area contributed by atoms with E-state index in [9.17, 15) is 18.8 Å². The van der Waals surface area contributed by atoms with E-state index in [-0.39, 0.29) is 17.8 Å². The summed E-state index contributed by atoms with van der Waals surface area (Å²) in [7, 11) is 0. The highest BCUT2D eigenvalue weighted by Crippen LogP contribution is 2.13. The monoisotopic (exact) mass is 330 g/mol. The Hall–Kier alpha value is -3.21. The van der Waals surface area contributed by atoms with Gasteiger partial charge in [0.15, 0.2) is 0 Å². The predicted molar refractivity (Wildman–Crippen MR) is 85.1 cm³/mol. The van der Waals surface area contributed by atoms with Crippen molar-refractivity contribution in [3.63, 3.8) is 0 Å². The number of rotatable bonds is 4. The van der Waals surface area contributed by atoms with E-state index >= 15 is 0 Å². The Morgan fingerprint density at radius 1 is 1.38 bits per heavy atom. The van der Waals surface area contributed by atoms with Gasteiger partial charge in [0, 0.05) is 18.4 Å². The lowest BCUT2D eigenvalue weighted by Crippen LogP contribution is -2.43. The lowest BCUT2D eigenvalue weighted by atomic mass is 10.2. The van der Waals surface area contributed by atoms with E-state index in [0.29, 0.717) is 10.1 Å². The maximum atomic E-state index is 13.5. The van der Waals surface area contributed by atoms with Crippen LogP contribution in [-0.4, -0.2) is 15.0 Å². The quantitative estimate of drug-likeness (QED) is 0.904. The summed E-state index contributed by atoms with van der Waals surface area (Å²) in [6.07, 6.45) is 1.16. The molecule has 0 bridgehead atoms. The standard InChI is InChI=1S/C16H15FN4O3/c1-3-20-8-11(7-18)15(23)21(16(20)24)9-14(22)19-12-5-4-10(2)13(17)6-12/h4-6,8H,3,9H2,1-2H3,(H,19,22). The number of halogens is 1. The molecule has 0 unspecified atom stereocenters. The molecule has 1 amide bonds. The van der Waals surface area contributed by atoms with Gasteiger partial charge in [-0.05, 0) is 31.5 Å². The summed E-state index contributed by atoms with van der Waals surface area (Å²) in [5, 5.41) is 11.4. The molecule has 8 heteroatoms.